The summed E-state index contributed by atoms with van der Waals surface area (Å²) in [5.74, 6) is -3.69. The Bertz CT molecular complexity index is 1750. The molecule has 0 bridgehead atoms. The fraction of sp³-hybridized carbons (Fsp3) is 0.424. The van der Waals surface area contributed by atoms with E-state index in [2.05, 4.69) is 41.5 Å². The van der Waals surface area contributed by atoms with Gasteiger partial charge in [0, 0.05) is 28.9 Å². The molecule has 52 heavy (non-hydrogen) atoms. The number of anilines is 3. The third kappa shape index (κ3) is 10.6. The zero-order valence-electron chi connectivity index (χ0n) is 27.8. The van der Waals surface area contributed by atoms with E-state index in [1.54, 1.807) is 12.1 Å². The number of benzene rings is 2. The molecule has 5 rings (SSSR count). The zero-order chi connectivity index (χ0) is 37.5. The van der Waals surface area contributed by atoms with Crippen LogP contribution in [0.4, 0.5) is 30.8 Å². The molecule has 3 aromatic rings. The van der Waals surface area contributed by atoms with Crippen molar-refractivity contribution in [3.05, 3.63) is 64.7 Å². The van der Waals surface area contributed by atoms with Gasteiger partial charge in [0.15, 0.2) is 6.61 Å². The monoisotopic (exact) mass is 748 g/mol. The summed E-state index contributed by atoms with van der Waals surface area (Å²) in [7, 11) is 1.10. The normalized spacial score (nSPS) is 18.3. The van der Waals surface area contributed by atoms with Crippen molar-refractivity contribution in [2.24, 2.45) is 0 Å². The number of esters is 1. The Morgan fingerprint density at radius 2 is 1.60 bits per heavy atom. The summed E-state index contributed by atoms with van der Waals surface area (Å²) in [6.07, 6.45) is -1.62. The van der Waals surface area contributed by atoms with Crippen molar-refractivity contribution in [3.8, 4) is 6.01 Å². The Balaban J connectivity index is 1.22. The van der Waals surface area contributed by atoms with Crippen molar-refractivity contribution in [2.75, 3.05) is 30.9 Å². The van der Waals surface area contributed by atoms with Gasteiger partial charge in [-0.2, -0.15) is 28.1 Å². The smallest absolute Gasteiger partial charge is 0.422 e. The van der Waals surface area contributed by atoms with Gasteiger partial charge in [-0.1, -0.05) is 23.7 Å². The van der Waals surface area contributed by atoms with Gasteiger partial charge in [0.25, 0.3) is 5.91 Å². The largest absolute Gasteiger partial charge is 0.467 e. The van der Waals surface area contributed by atoms with Crippen LogP contribution < -0.4 is 31.3 Å². The average molecular weight is 749 g/mol. The number of halogens is 4. The molecule has 2 aliphatic rings. The predicted molar refractivity (Wildman–Crippen MR) is 180 cm³/mol. The van der Waals surface area contributed by atoms with Crippen molar-refractivity contribution in [2.45, 2.75) is 68.4 Å². The number of amides is 3. The number of aliphatic hydroxyl groups excluding tert-OH is 1. The summed E-state index contributed by atoms with van der Waals surface area (Å²) in [5.41, 5.74) is 0.757. The van der Waals surface area contributed by atoms with E-state index in [-0.39, 0.29) is 23.5 Å². The fourth-order valence-electron chi connectivity index (χ4n) is 5.43. The van der Waals surface area contributed by atoms with Gasteiger partial charge in [-0.15, -0.1) is 0 Å². The van der Waals surface area contributed by atoms with E-state index in [1.807, 2.05) is 12.1 Å². The second-order valence-corrected chi connectivity index (χ2v) is 12.8. The minimum Gasteiger partial charge on any atom is -0.467 e. The van der Waals surface area contributed by atoms with Crippen LogP contribution >= 0.6 is 11.6 Å². The highest BCUT2D eigenvalue weighted by Crippen LogP contribution is 2.48. The van der Waals surface area contributed by atoms with E-state index >= 15 is 0 Å². The number of carbonyl (C=O) groups is 4. The van der Waals surface area contributed by atoms with Crippen LogP contribution in [0.3, 0.4) is 0 Å². The SMILES string of the molecule is COC(=O)C(CNC(=O)C(=O)NC1CCC(O)CC1)NC(=O)c1ccc(Nc2nc(NC3(c4ccc(Cl)cc4)CC3)nc(OCC(F)(F)F)n2)cc1. The van der Waals surface area contributed by atoms with E-state index in [0.717, 1.165) is 12.7 Å². The Hall–Kier alpha value is -5.23. The molecule has 3 amide bonds. The van der Waals surface area contributed by atoms with Gasteiger partial charge >= 0.3 is 30.0 Å². The lowest BCUT2D eigenvalue weighted by atomic mass is 9.93. The van der Waals surface area contributed by atoms with E-state index < -0.39 is 66.7 Å². The van der Waals surface area contributed by atoms with E-state index in [0.29, 0.717) is 49.2 Å². The van der Waals surface area contributed by atoms with Crippen molar-refractivity contribution in [1.82, 2.24) is 30.9 Å². The Kier molecular flexibility index (Phi) is 12.0. The molecule has 2 saturated carbocycles. The Labute approximate surface area is 300 Å². The van der Waals surface area contributed by atoms with Crippen molar-refractivity contribution < 1.29 is 46.9 Å². The maximum atomic E-state index is 13.0. The molecule has 0 spiro atoms. The van der Waals surface area contributed by atoms with Crippen LogP contribution in [0.5, 0.6) is 6.01 Å². The fourth-order valence-corrected chi connectivity index (χ4v) is 5.56. The molecular weight excluding hydrogens is 713 g/mol. The number of rotatable bonds is 13. The number of carbonyl (C=O) groups excluding carboxylic acids is 4. The van der Waals surface area contributed by atoms with Crippen LogP contribution in [0.1, 0.15) is 54.4 Å². The summed E-state index contributed by atoms with van der Waals surface area (Å²) in [5, 5.41) is 23.6. The molecule has 15 nitrogen and oxygen atoms in total. The molecule has 1 unspecified atom stereocenters. The molecule has 1 heterocycles. The van der Waals surface area contributed by atoms with Gasteiger partial charge in [-0.25, -0.2) is 4.79 Å². The molecule has 0 saturated heterocycles. The molecule has 0 radical (unpaired) electrons. The summed E-state index contributed by atoms with van der Waals surface area (Å²) in [6.45, 7) is -2.07. The first-order chi connectivity index (χ1) is 24.7. The summed E-state index contributed by atoms with van der Waals surface area (Å²) < 4.78 is 48.4. The molecule has 1 atom stereocenters. The molecule has 19 heteroatoms. The molecule has 1 aromatic heterocycles. The lowest BCUT2D eigenvalue weighted by Gasteiger charge is -2.26. The number of aromatic nitrogens is 3. The highest BCUT2D eigenvalue weighted by Gasteiger charge is 2.45. The van der Waals surface area contributed by atoms with E-state index in [4.69, 9.17) is 21.1 Å². The topological polar surface area (TPSA) is 206 Å². The highest BCUT2D eigenvalue weighted by molar-refractivity contribution is 6.35. The van der Waals surface area contributed by atoms with Gasteiger partial charge in [-0.05, 0) is 80.5 Å². The van der Waals surface area contributed by atoms with Crippen LogP contribution in [0.15, 0.2) is 48.5 Å². The number of alkyl halides is 3. The van der Waals surface area contributed by atoms with Crippen molar-refractivity contribution in [3.63, 3.8) is 0 Å². The molecule has 2 fully saturated rings. The first-order valence-electron chi connectivity index (χ1n) is 16.2. The van der Waals surface area contributed by atoms with E-state index in [9.17, 15) is 37.5 Å². The third-order valence-electron chi connectivity index (χ3n) is 8.38. The number of hydrogen-bond acceptors (Lipinski definition) is 12. The number of methoxy groups -OCH3 is 1. The van der Waals surface area contributed by atoms with Crippen molar-refractivity contribution >= 4 is 52.9 Å². The standard InChI is InChI=1S/C33H36ClF3N8O7/c1-51-28(50)24(16-38-26(48)27(49)39-21-10-12-23(46)13-11-21)41-25(47)18-2-8-22(9-3-18)40-29-42-30(44-31(43-29)52-17-33(35,36)37)45-32(14-15-32)19-4-6-20(34)7-5-19/h2-9,21,23-24,46H,10-17H2,1H3,(H,38,48)(H,39,49)(H,41,47)(H2,40,42,43,44,45). The number of ether oxygens (including phenoxy) is 2. The lowest BCUT2D eigenvalue weighted by Crippen LogP contribution is -2.52. The van der Waals surface area contributed by atoms with Crippen LogP contribution in [0, 0.1) is 0 Å². The second kappa shape index (κ2) is 16.4. The minimum absolute atomic E-state index is 0.0367. The van der Waals surface area contributed by atoms with Gasteiger partial charge in [0.1, 0.15) is 6.04 Å². The number of nitrogens with one attached hydrogen (secondary N) is 5. The van der Waals surface area contributed by atoms with Gasteiger partial charge in [-0.3, -0.25) is 14.4 Å². The lowest BCUT2D eigenvalue weighted by molar-refractivity contribution is -0.154. The third-order valence-corrected chi connectivity index (χ3v) is 8.63. The molecule has 278 valence electrons. The molecule has 6 N–H and O–H groups in total. The molecular formula is C33H36ClF3N8O7. The first kappa shape index (κ1) is 38.0. The number of aliphatic hydroxyl groups is 1. The van der Waals surface area contributed by atoms with Gasteiger partial charge < -0.3 is 41.2 Å². The first-order valence-corrected chi connectivity index (χ1v) is 16.6. The van der Waals surface area contributed by atoms with E-state index in [1.165, 1.54) is 24.3 Å². The maximum Gasteiger partial charge on any atom is 0.422 e. The minimum atomic E-state index is -4.64. The maximum absolute atomic E-state index is 13.0. The molecule has 0 aliphatic heterocycles. The highest BCUT2D eigenvalue weighted by atomic mass is 35.5. The number of hydrogen-bond donors (Lipinski definition) is 6. The van der Waals surface area contributed by atoms with Gasteiger partial charge in [0.2, 0.25) is 11.9 Å². The zero-order valence-corrected chi connectivity index (χ0v) is 28.5. The molecule has 2 aromatic carbocycles. The van der Waals surface area contributed by atoms with Crippen LogP contribution in [0.25, 0.3) is 0 Å². The Morgan fingerprint density at radius 1 is 0.942 bits per heavy atom. The van der Waals surface area contributed by atoms with Crippen LogP contribution in [-0.2, 0) is 24.7 Å². The predicted octanol–water partition coefficient (Wildman–Crippen LogP) is 3.12. The summed E-state index contributed by atoms with van der Waals surface area (Å²) >= 11 is 6.02. The number of nitrogens with zero attached hydrogens (tertiary/aromatic N) is 3. The Morgan fingerprint density at radius 3 is 2.21 bits per heavy atom. The van der Waals surface area contributed by atoms with Crippen LogP contribution in [-0.4, -0.2) is 88.4 Å². The second-order valence-electron chi connectivity index (χ2n) is 12.3. The van der Waals surface area contributed by atoms with Gasteiger partial charge in [0.05, 0.1) is 18.8 Å². The molecule has 2 aliphatic carbocycles. The average Bonchev–Trinajstić information content (AvgIpc) is 3.90. The van der Waals surface area contributed by atoms with Crippen LogP contribution in [0.2, 0.25) is 5.02 Å². The summed E-state index contributed by atoms with van der Waals surface area (Å²) in [4.78, 5) is 62.4. The quantitative estimate of drug-likeness (QED) is 0.110. The van der Waals surface area contributed by atoms with Crippen molar-refractivity contribution in [1.29, 1.82) is 0 Å². The summed E-state index contributed by atoms with van der Waals surface area (Å²) in [6, 6.07) is 10.6.